The molecule has 0 fully saturated rings. The number of aryl methyl sites for hydroxylation is 1. The maximum atomic E-state index is 4.22. The SMILES string of the molecule is CCCCc1cccc(CC(C)=CCS)c1. The number of rotatable bonds is 6. The van der Waals surface area contributed by atoms with E-state index in [4.69, 9.17) is 0 Å². The van der Waals surface area contributed by atoms with Crippen LogP contribution in [0, 0.1) is 0 Å². The van der Waals surface area contributed by atoms with E-state index < -0.39 is 0 Å². The van der Waals surface area contributed by atoms with E-state index in [2.05, 4.69) is 56.8 Å². The van der Waals surface area contributed by atoms with Crippen molar-refractivity contribution in [2.45, 2.75) is 39.5 Å². The van der Waals surface area contributed by atoms with Crippen LogP contribution in [0.2, 0.25) is 0 Å². The van der Waals surface area contributed by atoms with Crippen molar-refractivity contribution >= 4 is 12.6 Å². The Hall–Kier alpha value is -0.690. The summed E-state index contributed by atoms with van der Waals surface area (Å²) < 4.78 is 0. The number of hydrogen-bond acceptors (Lipinski definition) is 1. The zero-order valence-electron chi connectivity index (χ0n) is 10.4. The molecule has 0 aliphatic heterocycles. The molecule has 88 valence electrons. The van der Waals surface area contributed by atoms with E-state index in [9.17, 15) is 0 Å². The van der Waals surface area contributed by atoms with Crippen molar-refractivity contribution in [3.8, 4) is 0 Å². The molecule has 0 aliphatic carbocycles. The lowest BCUT2D eigenvalue weighted by Gasteiger charge is -2.05. The first kappa shape index (κ1) is 13.4. The van der Waals surface area contributed by atoms with Crippen LogP contribution >= 0.6 is 12.6 Å². The summed E-state index contributed by atoms with van der Waals surface area (Å²) in [4.78, 5) is 0. The summed E-state index contributed by atoms with van der Waals surface area (Å²) in [7, 11) is 0. The van der Waals surface area contributed by atoms with Crippen LogP contribution in [0.3, 0.4) is 0 Å². The van der Waals surface area contributed by atoms with Gasteiger partial charge < -0.3 is 0 Å². The molecule has 16 heavy (non-hydrogen) atoms. The van der Waals surface area contributed by atoms with Gasteiger partial charge >= 0.3 is 0 Å². The fourth-order valence-corrected chi connectivity index (χ4v) is 2.14. The van der Waals surface area contributed by atoms with Crippen LogP contribution < -0.4 is 0 Å². The van der Waals surface area contributed by atoms with Crippen molar-refractivity contribution < 1.29 is 0 Å². The van der Waals surface area contributed by atoms with Gasteiger partial charge in [0.05, 0.1) is 0 Å². The van der Waals surface area contributed by atoms with E-state index in [-0.39, 0.29) is 0 Å². The van der Waals surface area contributed by atoms with Crippen LogP contribution in [-0.4, -0.2) is 5.75 Å². The second-order valence-corrected chi connectivity index (χ2v) is 4.70. The molecule has 0 aromatic heterocycles. The first-order chi connectivity index (χ1) is 7.76. The van der Waals surface area contributed by atoms with E-state index >= 15 is 0 Å². The van der Waals surface area contributed by atoms with Gasteiger partial charge in [0.2, 0.25) is 0 Å². The minimum Gasteiger partial charge on any atom is -0.175 e. The Morgan fingerprint density at radius 1 is 1.31 bits per heavy atom. The third kappa shape index (κ3) is 4.89. The van der Waals surface area contributed by atoms with E-state index in [1.807, 2.05) is 0 Å². The fourth-order valence-electron chi connectivity index (χ4n) is 1.83. The lowest BCUT2D eigenvalue weighted by molar-refractivity contribution is 0.794. The first-order valence-corrected chi connectivity index (χ1v) is 6.73. The van der Waals surface area contributed by atoms with Crippen LogP contribution in [-0.2, 0) is 12.8 Å². The predicted molar refractivity (Wildman–Crippen MR) is 76.4 cm³/mol. The van der Waals surface area contributed by atoms with Crippen LogP contribution in [0.5, 0.6) is 0 Å². The Bertz CT molecular complexity index is 339. The number of unbranched alkanes of at least 4 members (excludes halogenated alkanes) is 1. The van der Waals surface area contributed by atoms with Crippen LogP contribution in [0.15, 0.2) is 35.9 Å². The van der Waals surface area contributed by atoms with Gasteiger partial charge in [0.25, 0.3) is 0 Å². The molecule has 0 heterocycles. The molecule has 1 rings (SSSR count). The quantitative estimate of drug-likeness (QED) is 0.545. The van der Waals surface area contributed by atoms with Gasteiger partial charge in [-0.2, -0.15) is 12.6 Å². The Kier molecular flexibility index (Phi) is 6.32. The molecule has 0 radical (unpaired) electrons. The van der Waals surface area contributed by atoms with Crippen molar-refractivity contribution in [2.24, 2.45) is 0 Å². The van der Waals surface area contributed by atoms with Crippen molar-refractivity contribution in [3.63, 3.8) is 0 Å². The van der Waals surface area contributed by atoms with E-state index in [0.29, 0.717) is 0 Å². The molecular weight excluding hydrogens is 212 g/mol. The van der Waals surface area contributed by atoms with E-state index in [0.717, 1.165) is 12.2 Å². The van der Waals surface area contributed by atoms with E-state index in [1.165, 1.54) is 36.0 Å². The third-order valence-corrected chi connectivity index (χ3v) is 2.92. The summed E-state index contributed by atoms with van der Waals surface area (Å²) >= 11 is 4.22. The van der Waals surface area contributed by atoms with Crippen molar-refractivity contribution in [1.29, 1.82) is 0 Å². The van der Waals surface area contributed by atoms with E-state index in [1.54, 1.807) is 0 Å². The maximum absolute atomic E-state index is 4.22. The highest BCUT2D eigenvalue weighted by atomic mass is 32.1. The summed E-state index contributed by atoms with van der Waals surface area (Å²) in [5.74, 6) is 0.835. The molecule has 0 bridgehead atoms. The lowest BCUT2D eigenvalue weighted by Crippen LogP contribution is -1.91. The minimum absolute atomic E-state index is 0.835. The normalized spacial score (nSPS) is 11.8. The average Bonchev–Trinajstić information content (AvgIpc) is 2.27. The second-order valence-electron chi connectivity index (χ2n) is 4.33. The van der Waals surface area contributed by atoms with Gasteiger partial charge in [-0.15, -0.1) is 0 Å². The number of allylic oxidation sites excluding steroid dienone is 1. The van der Waals surface area contributed by atoms with Gasteiger partial charge in [-0.1, -0.05) is 49.3 Å². The van der Waals surface area contributed by atoms with Crippen molar-refractivity contribution in [2.75, 3.05) is 5.75 Å². The molecule has 0 amide bonds. The Balaban J connectivity index is 2.63. The largest absolute Gasteiger partial charge is 0.175 e. The summed E-state index contributed by atoms with van der Waals surface area (Å²) in [6.07, 6.45) is 7.00. The molecule has 1 aromatic carbocycles. The van der Waals surface area contributed by atoms with Crippen LogP contribution in [0.1, 0.15) is 37.8 Å². The summed E-state index contributed by atoms with van der Waals surface area (Å²) in [5.41, 5.74) is 4.30. The minimum atomic E-state index is 0.835. The molecule has 1 aromatic rings. The van der Waals surface area contributed by atoms with Gasteiger partial charge in [0.1, 0.15) is 0 Å². The number of thiol groups is 1. The zero-order chi connectivity index (χ0) is 11.8. The highest BCUT2D eigenvalue weighted by molar-refractivity contribution is 7.80. The van der Waals surface area contributed by atoms with Gasteiger partial charge in [-0.3, -0.25) is 0 Å². The molecule has 0 aliphatic rings. The summed E-state index contributed by atoms with van der Waals surface area (Å²) in [6.45, 7) is 4.42. The fraction of sp³-hybridized carbons (Fsp3) is 0.467. The monoisotopic (exact) mass is 234 g/mol. The Labute approximate surface area is 105 Å². The third-order valence-electron chi connectivity index (χ3n) is 2.73. The molecule has 1 heteroatoms. The predicted octanol–water partition coefficient (Wildman–Crippen LogP) is 4.45. The average molecular weight is 234 g/mol. The first-order valence-electron chi connectivity index (χ1n) is 6.10. The summed E-state index contributed by atoms with van der Waals surface area (Å²) in [6, 6.07) is 8.96. The Morgan fingerprint density at radius 2 is 2.06 bits per heavy atom. The number of benzene rings is 1. The molecular formula is C15H22S. The van der Waals surface area contributed by atoms with Crippen molar-refractivity contribution in [1.82, 2.24) is 0 Å². The smallest absolute Gasteiger partial charge is 0.00852 e. The standard InChI is InChI=1S/C15H22S/c1-3-4-6-14-7-5-8-15(12-14)11-13(2)9-10-16/h5,7-9,12,16H,3-4,6,10-11H2,1-2H3. The molecule has 0 nitrogen and oxygen atoms in total. The topological polar surface area (TPSA) is 0 Å². The van der Waals surface area contributed by atoms with Gasteiger partial charge in [-0.05, 0) is 37.3 Å². The van der Waals surface area contributed by atoms with Crippen LogP contribution in [0.25, 0.3) is 0 Å². The lowest BCUT2D eigenvalue weighted by atomic mass is 10.0. The Morgan fingerprint density at radius 3 is 2.75 bits per heavy atom. The summed E-state index contributed by atoms with van der Waals surface area (Å²) in [5, 5.41) is 0. The van der Waals surface area contributed by atoms with Crippen molar-refractivity contribution in [3.05, 3.63) is 47.0 Å². The van der Waals surface area contributed by atoms with Crippen LogP contribution in [0.4, 0.5) is 0 Å². The molecule has 0 spiro atoms. The highest BCUT2D eigenvalue weighted by Gasteiger charge is 1.97. The maximum Gasteiger partial charge on any atom is 0.00852 e. The van der Waals surface area contributed by atoms with Gasteiger partial charge in [0, 0.05) is 5.75 Å². The molecule has 0 unspecified atom stereocenters. The molecule has 0 N–H and O–H groups in total. The number of hydrogen-bond donors (Lipinski definition) is 1. The molecule has 0 saturated carbocycles. The zero-order valence-corrected chi connectivity index (χ0v) is 11.3. The molecule has 0 saturated heterocycles. The van der Waals surface area contributed by atoms with Gasteiger partial charge in [-0.25, -0.2) is 0 Å². The second kappa shape index (κ2) is 7.56. The van der Waals surface area contributed by atoms with Gasteiger partial charge in [0.15, 0.2) is 0 Å². The molecule has 0 atom stereocenters. The highest BCUT2D eigenvalue weighted by Crippen LogP contribution is 2.12.